The number of amides is 1. The lowest BCUT2D eigenvalue weighted by atomic mass is 9.99. The van der Waals surface area contributed by atoms with E-state index in [1.165, 1.54) is 21.3 Å². The molecule has 1 saturated heterocycles. The average molecular weight is 457 g/mol. The van der Waals surface area contributed by atoms with Gasteiger partial charge in [0, 0.05) is 30.9 Å². The Kier molecular flexibility index (Phi) is 8.81. The van der Waals surface area contributed by atoms with Gasteiger partial charge in [-0.15, -0.1) is 0 Å². The van der Waals surface area contributed by atoms with E-state index in [0.717, 1.165) is 0 Å². The maximum atomic E-state index is 13.3. The van der Waals surface area contributed by atoms with Crippen LogP contribution in [-0.2, 0) is 9.09 Å². The van der Waals surface area contributed by atoms with Crippen LogP contribution in [0.5, 0.6) is 17.2 Å². The first kappa shape index (κ1) is 25.5. The predicted octanol–water partition coefficient (Wildman–Crippen LogP) is 4.18. The molecule has 0 saturated carbocycles. The Bertz CT molecular complexity index is 775. The van der Waals surface area contributed by atoms with Crippen LogP contribution in [0.25, 0.3) is 0 Å². The van der Waals surface area contributed by atoms with Crippen molar-refractivity contribution in [3.8, 4) is 17.2 Å². The zero-order chi connectivity index (χ0) is 23.2. The number of carbonyl (C=O) groups excluding carboxylic acids is 1. The third-order valence-electron chi connectivity index (χ3n) is 5.26. The second-order valence-corrected chi connectivity index (χ2v) is 11.6. The van der Waals surface area contributed by atoms with Gasteiger partial charge in [-0.1, -0.05) is 27.7 Å². The van der Waals surface area contributed by atoms with Gasteiger partial charge in [0.05, 0.1) is 27.9 Å². The molecule has 0 aromatic heterocycles. The van der Waals surface area contributed by atoms with Crippen molar-refractivity contribution in [2.75, 3.05) is 47.2 Å². The van der Waals surface area contributed by atoms with Crippen molar-refractivity contribution in [1.82, 2.24) is 9.99 Å². The summed E-state index contributed by atoms with van der Waals surface area (Å²) in [7, 11) is 1.71. The summed E-state index contributed by atoms with van der Waals surface area (Å²) in [6, 6.07) is 3.27. The second kappa shape index (κ2) is 10.7. The summed E-state index contributed by atoms with van der Waals surface area (Å²) in [6.45, 7) is 9.80. The summed E-state index contributed by atoms with van der Waals surface area (Å²) in [5.74, 6) is 1.10. The van der Waals surface area contributed by atoms with Gasteiger partial charge in [-0.3, -0.25) is 9.36 Å². The van der Waals surface area contributed by atoms with Crippen LogP contribution < -0.4 is 19.5 Å². The number of benzene rings is 1. The highest BCUT2D eigenvalue weighted by atomic mass is 31.2. The van der Waals surface area contributed by atoms with Gasteiger partial charge in [0.25, 0.3) is 13.4 Å². The topological polar surface area (TPSA) is 86.3 Å². The number of hydrogen-bond donors (Lipinski definition) is 1. The van der Waals surface area contributed by atoms with E-state index >= 15 is 0 Å². The van der Waals surface area contributed by atoms with E-state index < -0.39 is 7.52 Å². The number of nitrogens with one attached hydrogen (secondary N) is 1. The number of nitrogens with zero attached hydrogens (tertiary/aromatic N) is 1. The van der Waals surface area contributed by atoms with Crippen LogP contribution in [0, 0.1) is 5.41 Å². The zero-order valence-corrected chi connectivity index (χ0v) is 20.7. The van der Waals surface area contributed by atoms with Crippen LogP contribution in [0.1, 0.15) is 50.9 Å². The molecular formula is C22H37N2O6P. The maximum absolute atomic E-state index is 13.3. The Balaban J connectivity index is 2.01. The highest BCUT2D eigenvalue weighted by molar-refractivity contribution is 7.56. The quantitative estimate of drug-likeness (QED) is 0.558. The molecule has 1 aromatic rings. The molecule has 0 aliphatic carbocycles. The molecular weight excluding hydrogens is 419 g/mol. The Hall–Kier alpha value is -1.76. The maximum Gasteiger partial charge on any atom is 0.272 e. The molecule has 0 spiro atoms. The molecule has 0 bridgehead atoms. The molecule has 1 amide bonds. The number of hydrogen-bond acceptors (Lipinski definition) is 6. The van der Waals surface area contributed by atoms with Crippen molar-refractivity contribution in [2.24, 2.45) is 5.41 Å². The molecule has 1 aromatic carbocycles. The standard InChI is InChI=1S/C22H37N2O6P/c1-8-31(26,30-15-22(2,3)4)24-11-9-17(10-12-24)23-21(25)16-13-18(27-5)20(29-7)19(14-16)28-6/h13-14,17H,8-12,15H2,1-7H3,(H,23,25). The molecule has 0 radical (unpaired) electrons. The van der Waals surface area contributed by atoms with E-state index in [9.17, 15) is 9.36 Å². The van der Waals surface area contributed by atoms with E-state index in [2.05, 4.69) is 26.1 Å². The smallest absolute Gasteiger partial charge is 0.272 e. The van der Waals surface area contributed by atoms with E-state index in [0.29, 0.717) is 61.5 Å². The Morgan fingerprint density at radius 1 is 1.10 bits per heavy atom. The number of methoxy groups -OCH3 is 3. The summed E-state index contributed by atoms with van der Waals surface area (Å²) < 4.78 is 37.1. The fourth-order valence-corrected chi connectivity index (χ4v) is 5.64. The highest BCUT2D eigenvalue weighted by Gasteiger charge is 2.35. The third-order valence-corrected chi connectivity index (χ3v) is 7.86. The highest BCUT2D eigenvalue weighted by Crippen LogP contribution is 2.52. The monoisotopic (exact) mass is 456 g/mol. The molecule has 1 fully saturated rings. The van der Waals surface area contributed by atoms with Crippen LogP contribution in [0.4, 0.5) is 0 Å². The fraction of sp³-hybridized carbons (Fsp3) is 0.682. The molecule has 1 unspecified atom stereocenters. The molecule has 1 N–H and O–H groups in total. The first-order chi connectivity index (χ1) is 14.6. The van der Waals surface area contributed by atoms with Crippen molar-refractivity contribution in [3.05, 3.63) is 17.7 Å². The average Bonchev–Trinajstić information content (AvgIpc) is 2.76. The van der Waals surface area contributed by atoms with Gasteiger partial charge in [0.1, 0.15) is 0 Å². The predicted molar refractivity (Wildman–Crippen MR) is 122 cm³/mol. The lowest BCUT2D eigenvalue weighted by Crippen LogP contribution is -2.44. The van der Waals surface area contributed by atoms with Gasteiger partial charge < -0.3 is 24.1 Å². The minimum Gasteiger partial charge on any atom is -0.493 e. The molecule has 1 atom stereocenters. The first-order valence-electron chi connectivity index (χ1n) is 10.7. The van der Waals surface area contributed by atoms with E-state index in [1.807, 2.05) is 11.6 Å². The lowest BCUT2D eigenvalue weighted by Gasteiger charge is -2.37. The molecule has 1 heterocycles. The van der Waals surface area contributed by atoms with Crippen molar-refractivity contribution in [2.45, 2.75) is 46.6 Å². The molecule has 9 heteroatoms. The third kappa shape index (κ3) is 6.61. The van der Waals surface area contributed by atoms with Crippen molar-refractivity contribution < 1.29 is 28.1 Å². The molecule has 176 valence electrons. The molecule has 31 heavy (non-hydrogen) atoms. The number of piperidine rings is 1. The van der Waals surface area contributed by atoms with Gasteiger partial charge in [-0.05, 0) is 30.4 Å². The van der Waals surface area contributed by atoms with Gasteiger partial charge >= 0.3 is 0 Å². The normalized spacial score (nSPS) is 17.6. The Labute approximate surface area is 186 Å². The minimum absolute atomic E-state index is 0.00392. The summed E-state index contributed by atoms with van der Waals surface area (Å²) in [4.78, 5) is 12.8. The zero-order valence-electron chi connectivity index (χ0n) is 19.8. The minimum atomic E-state index is -2.85. The van der Waals surface area contributed by atoms with Gasteiger partial charge in [0.2, 0.25) is 5.75 Å². The van der Waals surface area contributed by atoms with Gasteiger partial charge in [-0.2, -0.15) is 0 Å². The summed E-state index contributed by atoms with van der Waals surface area (Å²) in [6.07, 6.45) is 1.89. The van der Waals surface area contributed by atoms with Crippen molar-refractivity contribution >= 4 is 13.4 Å². The van der Waals surface area contributed by atoms with Crippen LogP contribution >= 0.6 is 7.52 Å². The van der Waals surface area contributed by atoms with Crippen LogP contribution in [0.2, 0.25) is 0 Å². The van der Waals surface area contributed by atoms with E-state index in [-0.39, 0.29) is 17.4 Å². The largest absolute Gasteiger partial charge is 0.493 e. The number of rotatable bonds is 9. The van der Waals surface area contributed by atoms with Crippen LogP contribution in [-0.4, -0.2) is 63.8 Å². The molecule has 1 aliphatic rings. The summed E-state index contributed by atoms with van der Waals surface area (Å²) >= 11 is 0. The van der Waals surface area contributed by atoms with Crippen molar-refractivity contribution in [1.29, 1.82) is 0 Å². The van der Waals surface area contributed by atoms with Gasteiger partial charge in [-0.25, -0.2) is 4.67 Å². The SMILES string of the molecule is CCP(=O)(OCC(C)(C)C)N1CCC(NC(=O)c2cc(OC)c(OC)c(OC)c2)CC1. The second-order valence-electron chi connectivity index (χ2n) is 8.90. The first-order valence-corrected chi connectivity index (χ1v) is 12.4. The Morgan fingerprint density at radius 2 is 1.65 bits per heavy atom. The molecule has 1 aliphatic heterocycles. The van der Waals surface area contributed by atoms with E-state index in [1.54, 1.807) is 12.1 Å². The molecule has 2 rings (SSSR count). The fourth-order valence-electron chi connectivity index (χ4n) is 3.46. The Morgan fingerprint density at radius 3 is 2.06 bits per heavy atom. The molecule has 8 nitrogen and oxygen atoms in total. The number of ether oxygens (including phenoxy) is 3. The summed E-state index contributed by atoms with van der Waals surface area (Å²) in [5, 5.41) is 3.07. The van der Waals surface area contributed by atoms with Crippen LogP contribution in [0.15, 0.2) is 12.1 Å². The van der Waals surface area contributed by atoms with Crippen molar-refractivity contribution in [3.63, 3.8) is 0 Å². The summed E-state index contributed by atoms with van der Waals surface area (Å²) in [5.41, 5.74) is 0.391. The lowest BCUT2D eigenvalue weighted by molar-refractivity contribution is 0.0919. The number of carbonyl (C=O) groups is 1. The van der Waals surface area contributed by atoms with Gasteiger partial charge in [0.15, 0.2) is 11.5 Å². The van der Waals surface area contributed by atoms with E-state index in [4.69, 9.17) is 18.7 Å². The van der Waals surface area contributed by atoms with Crippen LogP contribution in [0.3, 0.4) is 0 Å².